The molecule has 0 saturated carbocycles. The number of ether oxygens (including phenoxy) is 3. The van der Waals surface area contributed by atoms with Crippen molar-refractivity contribution in [1.82, 2.24) is 4.90 Å². The van der Waals surface area contributed by atoms with Gasteiger partial charge in [-0.25, -0.2) is 0 Å². The van der Waals surface area contributed by atoms with Gasteiger partial charge in [-0.1, -0.05) is 31.4 Å². The summed E-state index contributed by atoms with van der Waals surface area (Å²) in [4.78, 5) is 2.44. The van der Waals surface area contributed by atoms with E-state index in [9.17, 15) is 0 Å². The van der Waals surface area contributed by atoms with Crippen LogP contribution in [0.1, 0.15) is 76.8 Å². The van der Waals surface area contributed by atoms with Gasteiger partial charge in [0.25, 0.3) is 0 Å². The summed E-state index contributed by atoms with van der Waals surface area (Å²) in [5.74, 6) is 3.11. The number of hydrogen-bond acceptors (Lipinski definition) is 4. The second-order valence-corrected chi connectivity index (χ2v) is 10.2. The minimum Gasteiger partial charge on any atom is -0.492 e. The SMILES string of the molecule is CCCCCc1cc(OCCN2CCOCC2)c2c(c1)OC(C)(C)[C@@H]1CC=C(C)C[C@@H]21. The van der Waals surface area contributed by atoms with Crippen LogP contribution < -0.4 is 9.47 Å². The fourth-order valence-electron chi connectivity index (χ4n) is 5.55. The van der Waals surface area contributed by atoms with Crippen molar-refractivity contribution in [2.24, 2.45) is 5.92 Å². The average molecular weight is 428 g/mol. The molecule has 31 heavy (non-hydrogen) atoms. The maximum Gasteiger partial charge on any atom is 0.127 e. The molecule has 4 rings (SSSR count). The minimum absolute atomic E-state index is 0.151. The number of allylic oxidation sites excluding steroid dienone is 2. The number of unbranched alkanes of at least 4 members (excludes halogenated alkanes) is 2. The van der Waals surface area contributed by atoms with E-state index in [-0.39, 0.29) is 5.60 Å². The Morgan fingerprint density at radius 3 is 2.74 bits per heavy atom. The van der Waals surface area contributed by atoms with E-state index in [4.69, 9.17) is 14.2 Å². The first-order valence-corrected chi connectivity index (χ1v) is 12.4. The summed E-state index contributed by atoms with van der Waals surface area (Å²) in [5.41, 5.74) is 4.02. The van der Waals surface area contributed by atoms with Crippen LogP contribution in [0.3, 0.4) is 0 Å². The lowest BCUT2D eigenvalue weighted by molar-refractivity contribution is 0.00676. The van der Waals surface area contributed by atoms with Gasteiger partial charge in [0.05, 0.1) is 13.2 Å². The first-order chi connectivity index (χ1) is 15.0. The Morgan fingerprint density at radius 1 is 1.16 bits per heavy atom. The molecule has 2 aliphatic heterocycles. The first kappa shape index (κ1) is 22.7. The van der Waals surface area contributed by atoms with E-state index in [2.05, 4.69) is 50.8 Å². The van der Waals surface area contributed by atoms with E-state index in [0.717, 1.165) is 70.2 Å². The van der Waals surface area contributed by atoms with Gasteiger partial charge in [0, 0.05) is 37.0 Å². The largest absolute Gasteiger partial charge is 0.492 e. The van der Waals surface area contributed by atoms with Crippen molar-refractivity contribution in [3.63, 3.8) is 0 Å². The Morgan fingerprint density at radius 2 is 1.97 bits per heavy atom. The molecule has 0 bridgehead atoms. The number of aryl methyl sites for hydroxylation is 1. The zero-order chi connectivity index (χ0) is 21.8. The number of morpholine rings is 1. The number of fused-ring (bicyclic) bond motifs is 3. The van der Waals surface area contributed by atoms with Crippen LogP contribution in [0.25, 0.3) is 0 Å². The van der Waals surface area contributed by atoms with Gasteiger partial charge in [-0.15, -0.1) is 0 Å². The zero-order valence-electron chi connectivity index (χ0n) is 20.0. The summed E-state index contributed by atoms with van der Waals surface area (Å²) in [6, 6.07) is 4.63. The van der Waals surface area contributed by atoms with E-state index >= 15 is 0 Å². The lowest BCUT2D eigenvalue weighted by Crippen LogP contribution is -2.45. The first-order valence-electron chi connectivity index (χ1n) is 12.4. The third-order valence-electron chi connectivity index (χ3n) is 7.39. The highest BCUT2D eigenvalue weighted by Gasteiger charge is 2.45. The molecule has 0 amide bonds. The molecule has 4 nitrogen and oxygen atoms in total. The summed E-state index contributed by atoms with van der Waals surface area (Å²) < 4.78 is 18.7. The molecule has 0 aromatic heterocycles. The molecule has 0 unspecified atom stereocenters. The lowest BCUT2D eigenvalue weighted by atomic mass is 9.67. The normalized spacial score (nSPS) is 25.2. The van der Waals surface area contributed by atoms with Crippen LogP contribution in [0.5, 0.6) is 11.5 Å². The Balaban J connectivity index is 1.60. The summed E-state index contributed by atoms with van der Waals surface area (Å²) in [7, 11) is 0. The van der Waals surface area contributed by atoms with Crippen molar-refractivity contribution in [1.29, 1.82) is 0 Å². The lowest BCUT2D eigenvalue weighted by Gasteiger charge is -2.47. The predicted octanol–water partition coefficient (Wildman–Crippen LogP) is 5.74. The fraction of sp³-hybridized carbons (Fsp3) is 0.704. The maximum absolute atomic E-state index is 6.67. The Labute approximate surface area is 188 Å². The van der Waals surface area contributed by atoms with E-state index in [1.54, 1.807) is 0 Å². The van der Waals surface area contributed by atoms with Gasteiger partial charge < -0.3 is 14.2 Å². The maximum atomic E-state index is 6.67. The van der Waals surface area contributed by atoms with E-state index in [0.29, 0.717) is 11.8 Å². The third kappa shape index (κ3) is 5.28. The van der Waals surface area contributed by atoms with E-state index in [1.807, 2.05) is 0 Å². The standard InChI is InChI=1S/C27H41NO3/c1-5-6-7-8-21-18-24(30-16-13-28-11-14-29-15-12-28)26-22-17-20(2)9-10-23(22)27(3,4)31-25(26)19-21/h9,18-19,22-23H,5-8,10-17H2,1-4H3/t22-,23-/m1/s1. The van der Waals surface area contributed by atoms with Gasteiger partial charge >= 0.3 is 0 Å². The van der Waals surface area contributed by atoms with Crippen LogP contribution >= 0.6 is 0 Å². The van der Waals surface area contributed by atoms with Crippen LogP contribution in [0.4, 0.5) is 0 Å². The van der Waals surface area contributed by atoms with Crippen molar-refractivity contribution in [3.05, 3.63) is 34.9 Å². The minimum atomic E-state index is -0.151. The number of benzene rings is 1. The summed E-state index contributed by atoms with van der Waals surface area (Å²) in [6.07, 6.45) is 9.44. The number of rotatable bonds is 8. The van der Waals surface area contributed by atoms with Crippen LogP contribution in [-0.4, -0.2) is 50.0 Å². The molecule has 1 saturated heterocycles. The Hall–Kier alpha value is -1.52. The molecule has 1 aliphatic carbocycles. The van der Waals surface area contributed by atoms with Gasteiger partial charge in [0.1, 0.15) is 23.7 Å². The highest BCUT2D eigenvalue weighted by Crippen LogP contribution is 2.54. The molecule has 1 fully saturated rings. The summed E-state index contributed by atoms with van der Waals surface area (Å²) in [5, 5.41) is 0. The second-order valence-electron chi connectivity index (χ2n) is 10.2. The van der Waals surface area contributed by atoms with Crippen molar-refractivity contribution >= 4 is 0 Å². The van der Waals surface area contributed by atoms with E-state index in [1.165, 1.54) is 36.0 Å². The molecule has 2 atom stereocenters. The molecular formula is C27H41NO3. The van der Waals surface area contributed by atoms with Gasteiger partial charge in [0.2, 0.25) is 0 Å². The number of hydrogen-bond donors (Lipinski definition) is 0. The monoisotopic (exact) mass is 427 g/mol. The summed E-state index contributed by atoms with van der Waals surface area (Å²) in [6.45, 7) is 14.4. The van der Waals surface area contributed by atoms with Crippen molar-refractivity contribution < 1.29 is 14.2 Å². The average Bonchev–Trinajstić information content (AvgIpc) is 2.74. The van der Waals surface area contributed by atoms with E-state index < -0.39 is 0 Å². The molecule has 4 heteroatoms. The second kappa shape index (κ2) is 9.95. The Bertz CT molecular complexity index is 779. The molecule has 1 aromatic rings. The van der Waals surface area contributed by atoms with Crippen molar-refractivity contribution in [2.75, 3.05) is 39.5 Å². The quantitative estimate of drug-likeness (QED) is 0.391. The van der Waals surface area contributed by atoms with Crippen molar-refractivity contribution in [2.45, 2.75) is 77.7 Å². The van der Waals surface area contributed by atoms with Gasteiger partial charge in [-0.3, -0.25) is 4.90 Å². The molecule has 0 spiro atoms. The smallest absolute Gasteiger partial charge is 0.127 e. The third-order valence-corrected chi connectivity index (χ3v) is 7.39. The molecule has 172 valence electrons. The Kier molecular flexibility index (Phi) is 7.28. The van der Waals surface area contributed by atoms with Gasteiger partial charge in [0.15, 0.2) is 0 Å². The van der Waals surface area contributed by atoms with Crippen LogP contribution in [0.15, 0.2) is 23.8 Å². The molecular weight excluding hydrogens is 386 g/mol. The number of nitrogens with zero attached hydrogens (tertiary/aromatic N) is 1. The van der Waals surface area contributed by atoms with Crippen LogP contribution in [0.2, 0.25) is 0 Å². The fourth-order valence-corrected chi connectivity index (χ4v) is 5.55. The van der Waals surface area contributed by atoms with Gasteiger partial charge in [-0.05, 0) is 64.2 Å². The molecule has 0 N–H and O–H groups in total. The molecule has 1 aromatic carbocycles. The van der Waals surface area contributed by atoms with Crippen LogP contribution in [-0.2, 0) is 11.2 Å². The topological polar surface area (TPSA) is 30.9 Å². The molecule has 2 heterocycles. The highest BCUT2D eigenvalue weighted by atomic mass is 16.5. The highest BCUT2D eigenvalue weighted by molar-refractivity contribution is 5.53. The summed E-state index contributed by atoms with van der Waals surface area (Å²) >= 11 is 0. The predicted molar refractivity (Wildman–Crippen MR) is 126 cm³/mol. The van der Waals surface area contributed by atoms with Gasteiger partial charge in [-0.2, -0.15) is 0 Å². The molecule has 3 aliphatic rings. The molecule has 0 radical (unpaired) electrons. The van der Waals surface area contributed by atoms with Crippen LogP contribution in [0, 0.1) is 5.92 Å². The van der Waals surface area contributed by atoms with Crippen molar-refractivity contribution in [3.8, 4) is 11.5 Å². The zero-order valence-corrected chi connectivity index (χ0v) is 20.0.